The van der Waals surface area contributed by atoms with Gasteiger partial charge in [0.2, 0.25) is 0 Å². The van der Waals surface area contributed by atoms with Crippen molar-refractivity contribution in [3.05, 3.63) is 90.5 Å². The molecule has 0 aliphatic heterocycles. The van der Waals surface area contributed by atoms with Crippen LogP contribution < -0.4 is 10.6 Å². The lowest BCUT2D eigenvalue weighted by Crippen LogP contribution is -2.06. The van der Waals surface area contributed by atoms with Crippen molar-refractivity contribution in [3.63, 3.8) is 0 Å². The van der Waals surface area contributed by atoms with Crippen LogP contribution in [0.25, 0.3) is 0 Å². The lowest BCUT2D eigenvalue weighted by Gasteiger charge is -2.14. The molecule has 2 N–H and O–H groups in total. The van der Waals surface area contributed by atoms with Crippen molar-refractivity contribution in [1.82, 2.24) is 0 Å². The van der Waals surface area contributed by atoms with E-state index in [-0.39, 0.29) is 0 Å². The van der Waals surface area contributed by atoms with Gasteiger partial charge >= 0.3 is 0 Å². The van der Waals surface area contributed by atoms with Crippen LogP contribution in [0, 0.1) is 0 Å². The van der Waals surface area contributed by atoms with E-state index in [0.29, 0.717) is 0 Å². The van der Waals surface area contributed by atoms with Gasteiger partial charge in [-0.25, -0.2) is 0 Å². The lowest BCUT2D eigenvalue weighted by molar-refractivity contribution is 1.02. The largest absolute Gasteiger partial charge is 0.383 e. The van der Waals surface area contributed by atoms with Crippen molar-refractivity contribution in [1.29, 1.82) is 0 Å². The maximum Gasteiger partial charge on any atom is 0.0620 e. The topological polar surface area (TPSA) is 24.1 Å². The average Bonchev–Trinajstić information content (AvgIpc) is 2.58. The van der Waals surface area contributed by atoms with E-state index in [1.165, 1.54) is 5.56 Å². The summed E-state index contributed by atoms with van der Waals surface area (Å²) < 4.78 is 0. The van der Waals surface area contributed by atoms with Gasteiger partial charge < -0.3 is 10.6 Å². The van der Waals surface area contributed by atoms with Crippen LogP contribution in [-0.4, -0.2) is 6.54 Å². The monoisotopic (exact) mass is 288 g/mol. The zero-order chi connectivity index (χ0) is 15.0. The normalized spacial score (nSPS) is 10.2. The number of rotatable bonds is 6. The molecule has 0 heterocycles. The van der Waals surface area contributed by atoms with Gasteiger partial charge in [-0.05, 0) is 36.2 Å². The van der Waals surface area contributed by atoms with E-state index >= 15 is 0 Å². The van der Waals surface area contributed by atoms with Crippen molar-refractivity contribution in [2.24, 2.45) is 0 Å². The first kappa shape index (κ1) is 14.2. The summed E-state index contributed by atoms with van der Waals surface area (Å²) in [7, 11) is 0. The Morgan fingerprint density at radius 3 is 1.91 bits per heavy atom. The van der Waals surface area contributed by atoms with Crippen LogP contribution in [0.3, 0.4) is 0 Å². The molecule has 0 saturated heterocycles. The Morgan fingerprint density at radius 2 is 1.18 bits per heavy atom. The van der Waals surface area contributed by atoms with Gasteiger partial charge in [-0.1, -0.05) is 60.7 Å². The average molecular weight is 288 g/mol. The van der Waals surface area contributed by atoms with Crippen LogP contribution in [0.15, 0.2) is 84.9 Å². The molecule has 0 atom stereocenters. The van der Waals surface area contributed by atoms with E-state index in [4.69, 9.17) is 0 Å². The molecule has 2 heteroatoms. The van der Waals surface area contributed by atoms with Crippen molar-refractivity contribution >= 4 is 17.1 Å². The fourth-order valence-electron chi connectivity index (χ4n) is 2.41. The molecule has 2 nitrogen and oxygen atoms in total. The van der Waals surface area contributed by atoms with Gasteiger partial charge in [0, 0.05) is 12.2 Å². The van der Waals surface area contributed by atoms with Crippen LogP contribution >= 0.6 is 0 Å². The standard InChI is InChI=1S/C20H20N2/c1-3-9-17(10-4-1)15-16-21-19-13-7-8-14-20(19)22-18-11-5-2-6-12-18/h1-14,21-22H,15-16H2. The molecule has 0 fully saturated rings. The van der Waals surface area contributed by atoms with Gasteiger partial charge in [0.05, 0.1) is 11.4 Å². The number of hydrogen-bond acceptors (Lipinski definition) is 2. The van der Waals surface area contributed by atoms with Crippen LogP contribution in [0.2, 0.25) is 0 Å². The van der Waals surface area contributed by atoms with Gasteiger partial charge in [-0.15, -0.1) is 0 Å². The first-order valence-electron chi connectivity index (χ1n) is 7.61. The molecule has 0 saturated carbocycles. The quantitative estimate of drug-likeness (QED) is 0.660. The van der Waals surface area contributed by atoms with E-state index in [2.05, 4.69) is 71.3 Å². The highest BCUT2D eigenvalue weighted by Gasteiger charge is 2.01. The summed E-state index contributed by atoms with van der Waals surface area (Å²) in [6.07, 6.45) is 1.01. The Morgan fingerprint density at radius 1 is 0.591 bits per heavy atom. The van der Waals surface area contributed by atoms with Crippen molar-refractivity contribution in [2.45, 2.75) is 6.42 Å². The second-order valence-corrected chi connectivity index (χ2v) is 5.20. The highest BCUT2D eigenvalue weighted by atomic mass is 15.0. The van der Waals surface area contributed by atoms with E-state index in [1.54, 1.807) is 0 Å². The van der Waals surface area contributed by atoms with Crippen molar-refractivity contribution in [3.8, 4) is 0 Å². The zero-order valence-corrected chi connectivity index (χ0v) is 12.5. The Labute approximate surface area is 131 Å². The molecule has 22 heavy (non-hydrogen) atoms. The smallest absolute Gasteiger partial charge is 0.0620 e. The minimum Gasteiger partial charge on any atom is -0.383 e. The first-order chi connectivity index (χ1) is 10.9. The summed E-state index contributed by atoms with van der Waals surface area (Å²) in [6.45, 7) is 0.914. The van der Waals surface area contributed by atoms with Crippen LogP contribution in [-0.2, 0) is 6.42 Å². The number of para-hydroxylation sites is 3. The summed E-state index contributed by atoms with van der Waals surface area (Å²) in [5.41, 5.74) is 4.67. The molecule has 3 rings (SSSR count). The molecule has 110 valence electrons. The Bertz CT molecular complexity index is 693. The minimum absolute atomic E-state index is 0.914. The molecule has 0 spiro atoms. The third-order valence-corrected chi connectivity index (χ3v) is 3.55. The Hall–Kier alpha value is -2.74. The van der Waals surface area contributed by atoms with E-state index < -0.39 is 0 Å². The van der Waals surface area contributed by atoms with E-state index in [0.717, 1.165) is 30.0 Å². The van der Waals surface area contributed by atoms with Crippen LogP contribution in [0.5, 0.6) is 0 Å². The third-order valence-electron chi connectivity index (χ3n) is 3.55. The summed E-state index contributed by atoms with van der Waals surface area (Å²) in [4.78, 5) is 0. The molecule has 0 aliphatic rings. The highest BCUT2D eigenvalue weighted by Crippen LogP contribution is 2.24. The van der Waals surface area contributed by atoms with Crippen molar-refractivity contribution in [2.75, 3.05) is 17.2 Å². The van der Waals surface area contributed by atoms with Crippen LogP contribution in [0.1, 0.15) is 5.56 Å². The summed E-state index contributed by atoms with van der Waals surface area (Å²) >= 11 is 0. The van der Waals surface area contributed by atoms with Gasteiger partial charge in [-0.3, -0.25) is 0 Å². The maximum atomic E-state index is 3.52. The molecule has 0 aromatic heterocycles. The van der Waals surface area contributed by atoms with E-state index in [9.17, 15) is 0 Å². The number of benzene rings is 3. The number of hydrogen-bond donors (Lipinski definition) is 2. The summed E-state index contributed by atoms with van der Waals surface area (Å²) in [5.74, 6) is 0. The third kappa shape index (κ3) is 3.89. The predicted octanol–water partition coefficient (Wildman–Crippen LogP) is 5.08. The molecular weight excluding hydrogens is 268 g/mol. The van der Waals surface area contributed by atoms with Crippen LogP contribution in [0.4, 0.5) is 17.1 Å². The summed E-state index contributed by atoms with van der Waals surface area (Å²) in [6, 6.07) is 29.1. The van der Waals surface area contributed by atoms with Crippen molar-refractivity contribution < 1.29 is 0 Å². The molecule has 3 aromatic rings. The molecule has 0 aliphatic carbocycles. The second-order valence-electron chi connectivity index (χ2n) is 5.20. The van der Waals surface area contributed by atoms with Gasteiger partial charge in [0.25, 0.3) is 0 Å². The second kappa shape index (κ2) is 7.32. The number of anilines is 3. The van der Waals surface area contributed by atoms with Gasteiger partial charge in [0.1, 0.15) is 0 Å². The molecular formula is C20H20N2. The lowest BCUT2D eigenvalue weighted by atomic mass is 10.1. The predicted molar refractivity (Wildman–Crippen MR) is 94.8 cm³/mol. The maximum absolute atomic E-state index is 3.52. The number of nitrogens with one attached hydrogen (secondary N) is 2. The fourth-order valence-corrected chi connectivity index (χ4v) is 2.41. The highest BCUT2D eigenvalue weighted by molar-refractivity contribution is 5.74. The molecule has 0 radical (unpaired) electrons. The molecule has 0 unspecified atom stereocenters. The minimum atomic E-state index is 0.914. The Balaban J connectivity index is 1.64. The summed E-state index contributed by atoms with van der Waals surface area (Å²) in [5, 5.41) is 6.98. The fraction of sp³-hybridized carbons (Fsp3) is 0.100. The van der Waals surface area contributed by atoms with E-state index in [1.807, 2.05) is 24.3 Å². The first-order valence-corrected chi connectivity index (χ1v) is 7.61. The zero-order valence-electron chi connectivity index (χ0n) is 12.5. The van der Waals surface area contributed by atoms with Gasteiger partial charge in [-0.2, -0.15) is 0 Å². The Kier molecular flexibility index (Phi) is 4.73. The SMILES string of the molecule is c1ccc(CCNc2ccccc2Nc2ccccc2)cc1. The molecule has 3 aromatic carbocycles. The molecule has 0 bridgehead atoms. The van der Waals surface area contributed by atoms with Gasteiger partial charge in [0.15, 0.2) is 0 Å². The molecule has 0 amide bonds.